The molecular weight excluding hydrogens is 356 g/mol. The first-order chi connectivity index (χ1) is 13.3. The zero-order valence-electron chi connectivity index (χ0n) is 16.5. The van der Waals surface area contributed by atoms with E-state index in [0.29, 0.717) is 22.3 Å². The van der Waals surface area contributed by atoms with Gasteiger partial charge in [0.25, 0.3) is 5.91 Å². The van der Waals surface area contributed by atoms with E-state index in [1.165, 1.54) is 4.90 Å². The standard InChI is InChI=1S/C21H24N4O3/c1-13(2)24(12-19(26)27)21(28)16-10-18(15-8-6-5-7-9-15)23-20-17(16)11-22-25(20)14(3)4/h5-11,13-14H,12H2,1-4H3,(H,26,27). The summed E-state index contributed by atoms with van der Waals surface area (Å²) in [6.45, 7) is 7.23. The summed E-state index contributed by atoms with van der Waals surface area (Å²) < 4.78 is 1.77. The molecule has 0 saturated carbocycles. The van der Waals surface area contributed by atoms with Crippen molar-refractivity contribution in [1.29, 1.82) is 0 Å². The average Bonchev–Trinajstić information content (AvgIpc) is 3.09. The number of carbonyl (C=O) groups excluding carboxylic acids is 1. The zero-order chi connectivity index (χ0) is 20.4. The van der Waals surface area contributed by atoms with Crippen molar-refractivity contribution in [2.75, 3.05) is 6.54 Å². The monoisotopic (exact) mass is 380 g/mol. The molecule has 28 heavy (non-hydrogen) atoms. The topological polar surface area (TPSA) is 88.3 Å². The number of aliphatic carboxylic acids is 1. The van der Waals surface area contributed by atoms with Gasteiger partial charge in [-0.25, -0.2) is 9.67 Å². The van der Waals surface area contributed by atoms with Gasteiger partial charge in [0.15, 0.2) is 5.65 Å². The molecule has 1 N–H and O–H groups in total. The molecule has 0 saturated heterocycles. The molecule has 0 fully saturated rings. The maximum Gasteiger partial charge on any atom is 0.323 e. The number of carbonyl (C=O) groups is 2. The van der Waals surface area contributed by atoms with Crippen molar-refractivity contribution in [1.82, 2.24) is 19.7 Å². The lowest BCUT2D eigenvalue weighted by atomic mass is 10.1. The number of pyridine rings is 1. The lowest BCUT2D eigenvalue weighted by Gasteiger charge is -2.25. The number of hydrogen-bond acceptors (Lipinski definition) is 4. The molecular formula is C21H24N4O3. The fraction of sp³-hybridized carbons (Fsp3) is 0.333. The minimum atomic E-state index is -1.05. The van der Waals surface area contributed by atoms with Crippen LogP contribution in [0.5, 0.6) is 0 Å². The Morgan fingerprint density at radius 2 is 1.82 bits per heavy atom. The van der Waals surface area contributed by atoms with Gasteiger partial charge < -0.3 is 10.0 Å². The van der Waals surface area contributed by atoms with Crippen LogP contribution in [-0.2, 0) is 4.79 Å². The molecule has 1 aromatic carbocycles. The van der Waals surface area contributed by atoms with Gasteiger partial charge in [-0.15, -0.1) is 0 Å². The van der Waals surface area contributed by atoms with Gasteiger partial charge in [-0.3, -0.25) is 9.59 Å². The molecule has 0 atom stereocenters. The zero-order valence-corrected chi connectivity index (χ0v) is 16.5. The molecule has 0 radical (unpaired) electrons. The highest BCUT2D eigenvalue weighted by molar-refractivity contribution is 6.07. The number of benzene rings is 1. The van der Waals surface area contributed by atoms with E-state index in [-0.39, 0.29) is 24.5 Å². The number of rotatable bonds is 6. The highest BCUT2D eigenvalue weighted by atomic mass is 16.4. The predicted octanol–water partition coefficient (Wildman–Crippen LogP) is 3.61. The second-order valence-electron chi connectivity index (χ2n) is 7.26. The van der Waals surface area contributed by atoms with Crippen molar-refractivity contribution in [2.24, 2.45) is 0 Å². The van der Waals surface area contributed by atoms with Crippen molar-refractivity contribution in [3.05, 3.63) is 48.2 Å². The summed E-state index contributed by atoms with van der Waals surface area (Å²) in [5.41, 5.74) is 2.55. The van der Waals surface area contributed by atoms with Gasteiger partial charge in [0.2, 0.25) is 0 Å². The molecule has 3 rings (SSSR count). The van der Waals surface area contributed by atoms with Crippen LogP contribution in [0.2, 0.25) is 0 Å². The van der Waals surface area contributed by atoms with Crippen LogP contribution in [0, 0.1) is 0 Å². The third kappa shape index (κ3) is 3.74. The fourth-order valence-electron chi connectivity index (χ4n) is 3.12. The molecule has 7 heteroatoms. The van der Waals surface area contributed by atoms with Crippen LogP contribution < -0.4 is 0 Å². The first kappa shape index (κ1) is 19.5. The smallest absolute Gasteiger partial charge is 0.323 e. The Labute approximate surface area is 163 Å². The fourth-order valence-corrected chi connectivity index (χ4v) is 3.12. The highest BCUT2D eigenvalue weighted by Gasteiger charge is 2.25. The first-order valence-electron chi connectivity index (χ1n) is 9.26. The van der Waals surface area contributed by atoms with Crippen LogP contribution in [0.25, 0.3) is 22.3 Å². The van der Waals surface area contributed by atoms with Crippen LogP contribution in [0.4, 0.5) is 0 Å². The van der Waals surface area contributed by atoms with Gasteiger partial charge in [-0.05, 0) is 33.8 Å². The molecule has 2 heterocycles. The summed E-state index contributed by atoms with van der Waals surface area (Å²) >= 11 is 0. The van der Waals surface area contributed by atoms with E-state index >= 15 is 0 Å². The minimum Gasteiger partial charge on any atom is -0.480 e. The molecule has 0 aliphatic heterocycles. The summed E-state index contributed by atoms with van der Waals surface area (Å²) in [5.74, 6) is -1.39. The van der Waals surface area contributed by atoms with E-state index in [1.54, 1.807) is 30.8 Å². The Bertz CT molecular complexity index is 1010. The van der Waals surface area contributed by atoms with Crippen molar-refractivity contribution in [3.63, 3.8) is 0 Å². The predicted molar refractivity (Wildman–Crippen MR) is 107 cm³/mol. The van der Waals surface area contributed by atoms with Gasteiger partial charge in [0, 0.05) is 17.6 Å². The maximum atomic E-state index is 13.3. The third-order valence-electron chi connectivity index (χ3n) is 4.55. The SMILES string of the molecule is CC(C)N(CC(=O)O)C(=O)c1cc(-c2ccccc2)nc2c1cnn2C(C)C. The average molecular weight is 380 g/mol. The summed E-state index contributed by atoms with van der Waals surface area (Å²) in [5, 5.41) is 14.3. The molecule has 146 valence electrons. The normalized spacial score (nSPS) is 11.4. The molecule has 7 nitrogen and oxygen atoms in total. The Morgan fingerprint density at radius 1 is 1.14 bits per heavy atom. The summed E-state index contributed by atoms with van der Waals surface area (Å²) in [4.78, 5) is 30.7. The van der Waals surface area contributed by atoms with Gasteiger partial charge in [0.1, 0.15) is 6.54 Å². The quantitative estimate of drug-likeness (QED) is 0.706. The van der Waals surface area contributed by atoms with Gasteiger partial charge >= 0.3 is 5.97 Å². The lowest BCUT2D eigenvalue weighted by molar-refractivity contribution is -0.138. The van der Waals surface area contributed by atoms with Crippen molar-refractivity contribution >= 4 is 22.9 Å². The molecule has 2 aromatic heterocycles. The Balaban J connectivity index is 2.22. The molecule has 0 aliphatic carbocycles. The number of hydrogen-bond donors (Lipinski definition) is 1. The first-order valence-corrected chi connectivity index (χ1v) is 9.26. The number of amides is 1. The van der Waals surface area contributed by atoms with E-state index in [0.717, 1.165) is 5.56 Å². The minimum absolute atomic E-state index is 0.0687. The van der Waals surface area contributed by atoms with Crippen molar-refractivity contribution in [2.45, 2.75) is 39.8 Å². The lowest BCUT2D eigenvalue weighted by Crippen LogP contribution is -2.40. The second-order valence-corrected chi connectivity index (χ2v) is 7.26. The van der Waals surface area contributed by atoms with E-state index < -0.39 is 5.97 Å². The van der Waals surface area contributed by atoms with E-state index in [1.807, 2.05) is 44.2 Å². The van der Waals surface area contributed by atoms with E-state index in [4.69, 9.17) is 4.98 Å². The highest BCUT2D eigenvalue weighted by Crippen LogP contribution is 2.27. The molecule has 0 spiro atoms. The largest absolute Gasteiger partial charge is 0.480 e. The number of nitrogens with zero attached hydrogens (tertiary/aromatic N) is 4. The van der Waals surface area contributed by atoms with Gasteiger partial charge in [-0.2, -0.15) is 5.10 Å². The van der Waals surface area contributed by atoms with Crippen LogP contribution in [0.1, 0.15) is 44.1 Å². The van der Waals surface area contributed by atoms with E-state index in [9.17, 15) is 14.7 Å². The van der Waals surface area contributed by atoms with Crippen LogP contribution in [0.3, 0.4) is 0 Å². The van der Waals surface area contributed by atoms with Crippen LogP contribution in [0.15, 0.2) is 42.6 Å². The number of aromatic nitrogens is 3. The number of carboxylic acid groups (broad SMARTS) is 1. The van der Waals surface area contributed by atoms with Gasteiger partial charge in [0.05, 0.1) is 22.8 Å². The number of carboxylic acids is 1. The Hall–Kier alpha value is -3.22. The Kier molecular flexibility index (Phi) is 5.44. The molecule has 0 unspecified atom stereocenters. The summed E-state index contributed by atoms with van der Waals surface area (Å²) in [6, 6.07) is 11.1. The third-order valence-corrected chi connectivity index (χ3v) is 4.55. The molecule has 0 aliphatic rings. The number of fused-ring (bicyclic) bond motifs is 1. The second kappa shape index (κ2) is 7.80. The molecule has 1 amide bonds. The molecule has 0 bridgehead atoms. The van der Waals surface area contributed by atoms with Crippen LogP contribution in [-0.4, -0.2) is 49.2 Å². The van der Waals surface area contributed by atoms with Crippen LogP contribution >= 0.6 is 0 Å². The Morgan fingerprint density at radius 3 is 2.39 bits per heavy atom. The maximum absolute atomic E-state index is 13.3. The van der Waals surface area contributed by atoms with Gasteiger partial charge in [-0.1, -0.05) is 30.3 Å². The van der Waals surface area contributed by atoms with E-state index in [2.05, 4.69) is 5.10 Å². The molecule has 3 aromatic rings. The summed E-state index contributed by atoms with van der Waals surface area (Å²) in [6.07, 6.45) is 1.63. The van der Waals surface area contributed by atoms with Crippen molar-refractivity contribution < 1.29 is 14.7 Å². The summed E-state index contributed by atoms with van der Waals surface area (Å²) in [7, 11) is 0. The van der Waals surface area contributed by atoms with Crippen molar-refractivity contribution in [3.8, 4) is 11.3 Å².